The fraction of sp³-hybridized carbons (Fsp3) is 0.600. The normalized spacial score (nSPS) is 12.9. The van der Waals surface area contributed by atoms with E-state index in [4.69, 9.17) is 4.43 Å². The van der Waals surface area contributed by atoms with Crippen molar-refractivity contribution in [3.8, 4) is 0 Å². The molecule has 1 rings (SSSR count). The molecule has 0 saturated heterocycles. The van der Waals surface area contributed by atoms with E-state index in [0.717, 1.165) is 19.7 Å². The molecular weight excluding hydrogens is 238 g/mol. The standard InChI is InChI=1S/C15H27NOSi/c1-4-7-11-14-17-18(16(5-2)6-3)15-12-9-8-10-13-15/h8-10,12-13,18H,4-7,11,14H2,1-3H3. The minimum Gasteiger partial charge on any atom is -0.402 e. The zero-order valence-corrected chi connectivity index (χ0v) is 13.2. The van der Waals surface area contributed by atoms with E-state index >= 15 is 0 Å². The lowest BCUT2D eigenvalue weighted by Gasteiger charge is -2.28. The Morgan fingerprint density at radius 3 is 2.22 bits per heavy atom. The van der Waals surface area contributed by atoms with Gasteiger partial charge in [-0.1, -0.05) is 63.9 Å². The summed E-state index contributed by atoms with van der Waals surface area (Å²) in [5, 5.41) is 1.40. The van der Waals surface area contributed by atoms with Crippen LogP contribution in [-0.2, 0) is 4.43 Å². The molecule has 0 fully saturated rings. The molecule has 3 heteroatoms. The molecule has 0 heterocycles. The minimum atomic E-state index is -1.42. The van der Waals surface area contributed by atoms with Crippen molar-refractivity contribution in [3.05, 3.63) is 30.3 Å². The number of nitrogens with zero attached hydrogens (tertiary/aromatic N) is 1. The van der Waals surface area contributed by atoms with Gasteiger partial charge in [0.1, 0.15) is 0 Å². The molecule has 1 unspecified atom stereocenters. The van der Waals surface area contributed by atoms with E-state index in [9.17, 15) is 0 Å². The van der Waals surface area contributed by atoms with Crippen molar-refractivity contribution >= 4 is 14.4 Å². The van der Waals surface area contributed by atoms with E-state index in [2.05, 4.69) is 55.7 Å². The van der Waals surface area contributed by atoms with E-state index < -0.39 is 9.20 Å². The van der Waals surface area contributed by atoms with Crippen molar-refractivity contribution < 1.29 is 4.43 Å². The Hall–Kier alpha value is -0.643. The molecule has 0 aromatic heterocycles. The lowest BCUT2D eigenvalue weighted by Crippen LogP contribution is -2.50. The van der Waals surface area contributed by atoms with Gasteiger partial charge in [0.2, 0.25) is 0 Å². The van der Waals surface area contributed by atoms with Crippen LogP contribution in [0.15, 0.2) is 30.3 Å². The molecule has 0 aliphatic rings. The molecule has 1 atom stereocenters. The largest absolute Gasteiger partial charge is 0.402 e. The van der Waals surface area contributed by atoms with Gasteiger partial charge in [0.25, 0.3) is 9.20 Å². The highest BCUT2D eigenvalue weighted by atomic mass is 28.3. The first-order valence-corrected chi connectivity index (χ1v) is 8.80. The highest BCUT2D eigenvalue weighted by Crippen LogP contribution is 2.02. The van der Waals surface area contributed by atoms with Gasteiger partial charge in [-0.05, 0) is 24.7 Å². The average Bonchev–Trinajstić information content (AvgIpc) is 2.43. The molecule has 2 nitrogen and oxygen atoms in total. The fourth-order valence-electron chi connectivity index (χ4n) is 2.13. The summed E-state index contributed by atoms with van der Waals surface area (Å²) in [6.45, 7) is 9.75. The van der Waals surface area contributed by atoms with Crippen molar-refractivity contribution in [1.82, 2.24) is 4.57 Å². The van der Waals surface area contributed by atoms with Crippen LogP contribution in [0, 0.1) is 0 Å². The predicted octanol–water partition coefficient (Wildman–Crippen LogP) is 2.66. The lowest BCUT2D eigenvalue weighted by molar-refractivity contribution is 0.267. The van der Waals surface area contributed by atoms with Gasteiger partial charge in [-0.15, -0.1) is 0 Å². The van der Waals surface area contributed by atoms with Crippen molar-refractivity contribution in [2.45, 2.75) is 40.0 Å². The van der Waals surface area contributed by atoms with E-state index in [1.54, 1.807) is 0 Å². The second kappa shape index (κ2) is 9.31. The summed E-state index contributed by atoms with van der Waals surface area (Å²) >= 11 is 0. The van der Waals surface area contributed by atoms with Gasteiger partial charge in [0.05, 0.1) is 0 Å². The van der Waals surface area contributed by atoms with Crippen molar-refractivity contribution in [3.63, 3.8) is 0 Å². The summed E-state index contributed by atoms with van der Waals surface area (Å²) in [7, 11) is -1.42. The third-order valence-corrected chi connectivity index (χ3v) is 6.15. The van der Waals surface area contributed by atoms with Crippen LogP contribution < -0.4 is 5.19 Å². The van der Waals surface area contributed by atoms with Crippen LogP contribution in [0.1, 0.15) is 40.0 Å². The maximum Gasteiger partial charge on any atom is 0.288 e. The zero-order chi connectivity index (χ0) is 13.2. The molecule has 102 valence electrons. The predicted molar refractivity (Wildman–Crippen MR) is 81.6 cm³/mol. The van der Waals surface area contributed by atoms with E-state index in [1.807, 2.05) is 0 Å². The molecule has 1 aromatic carbocycles. The Morgan fingerprint density at radius 1 is 1.00 bits per heavy atom. The van der Waals surface area contributed by atoms with Crippen LogP contribution in [0.2, 0.25) is 0 Å². The number of unbranched alkanes of at least 4 members (excludes halogenated alkanes) is 2. The van der Waals surface area contributed by atoms with E-state index in [-0.39, 0.29) is 0 Å². The summed E-state index contributed by atoms with van der Waals surface area (Å²) in [4.78, 5) is 0. The van der Waals surface area contributed by atoms with Crippen LogP contribution in [0.25, 0.3) is 0 Å². The Bertz CT molecular complexity index is 301. The van der Waals surface area contributed by atoms with Gasteiger partial charge < -0.3 is 8.99 Å². The maximum absolute atomic E-state index is 6.24. The Labute approximate surface area is 114 Å². The highest BCUT2D eigenvalue weighted by molar-refractivity contribution is 6.64. The monoisotopic (exact) mass is 265 g/mol. The second-order valence-corrected chi connectivity index (χ2v) is 7.00. The minimum absolute atomic E-state index is 0.913. The third-order valence-electron chi connectivity index (χ3n) is 3.25. The molecule has 1 aromatic rings. The zero-order valence-electron chi connectivity index (χ0n) is 12.1. The quantitative estimate of drug-likeness (QED) is 0.503. The van der Waals surface area contributed by atoms with Gasteiger partial charge in [-0.2, -0.15) is 0 Å². The van der Waals surface area contributed by atoms with Crippen LogP contribution in [0.5, 0.6) is 0 Å². The van der Waals surface area contributed by atoms with Crippen LogP contribution >= 0.6 is 0 Å². The summed E-state index contributed by atoms with van der Waals surface area (Å²) < 4.78 is 8.74. The topological polar surface area (TPSA) is 12.5 Å². The van der Waals surface area contributed by atoms with Gasteiger partial charge >= 0.3 is 0 Å². The molecule has 0 amide bonds. The fourth-order valence-corrected chi connectivity index (χ4v) is 4.56. The molecule has 0 N–H and O–H groups in total. The molecule has 0 spiro atoms. The van der Waals surface area contributed by atoms with Gasteiger partial charge in [-0.25, -0.2) is 0 Å². The van der Waals surface area contributed by atoms with Gasteiger partial charge in [-0.3, -0.25) is 0 Å². The van der Waals surface area contributed by atoms with Gasteiger partial charge in [0.15, 0.2) is 0 Å². The van der Waals surface area contributed by atoms with Crippen LogP contribution in [-0.4, -0.2) is 33.5 Å². The van der Waals surface area contributed by atoms with E-state index in [1.165, 1.54) is 24.4 Å². The first-order valence-electron chi connectivity index (χ1n) is 7.24. The molecular formula is C15H27NOSi. The number of rotatable bonds is 9. The SMILES string of the molecule is CCCCCO[SiH](c1ccccc1)N(CC)CC. The third kappa shape index (κ3) is 4.92. The van der Waals surface area contributed by atoms with Crippen molar-refractivity contribution in [1.29, 1.82) is 0 Å². The summed E-state index contributed by atoms with van der Waals surface area (Å²) in [5.41, 5.74) is 0. The molecule has 0 saturated carbocycles. The van der Waals surface area contributed by atoms with Crippen molar-refractivity contribution in [2.75, 3.05) is 19.7 Å². The van der Waals surface area contributed by atoms with E-state index in [0.29, 0.717) is 0 Å². The smallest absolute Gasteiger partial charge is 0.288 e. The Balaban J connectivity index is 2.63. The summed E-state index contributed by atoms with van der Waals surface area (Å²) in [6.07, 6.45) is 3.72. The average molecular weight is 265 g/mol. The first kappa shape index (κ1) is 15.4. The summed E-state index contributed by atoms with van der Waals surface area (Å²) in [6, 6.07) is 10.8. The second-order valence-electron chi connectivity index (χ2n) is 4.56. The number of hydrogen-bond donors (Lipinski definition) is 0. The Morgan fingerprint density at radius 2 is 1.67 bits per heavy atom. The van der Waals surface area contributed by atoms with Crippen LogP contribution in [0.4, 0.5) is 0 Å². The number of benzene rings is 1. The first-order chi connectivity index (χ1) is 8.83. The molecule has 0 radical (unpaired) electrons. The maximum atomic E-state index is 6.24. The molecule has 0 aliphatic carbocycles. The number of hydrogen-bond acceptors (Lipinski definition) is 2. The van der Waals surface area contributed by atoms with Crippen molar-refractivity contribution in [2.24, 2.45) is 0 Å². The lowest BCUT2D eigenvalue weighted by atomic mass is 10.3. The molecule has 0 aliphatic heterocycles. The molecule has 0 bridgehead atoms. The molecule has 18 heavy (non-hydrogen) atoms. The van der Waals surface area contributed by atoms with Gasteiger partial charge in [0, 0.05) is 6.61 Å². The summed E-state index contributed by atoms with van der Waals surface area (Å²) in [5.74, 6) is 0. The highest BCUT2D eigenvalue weighted by Gasteiger charge is 2.21. The van der Waals surface area contributed by atoms with Crippen LogP contribution in [0.3, 0.4) is 0 Å². The Kier molecular flexibility index (Phi) is 7.97.